The molecule has 28 heavy (non-hydrogen) atoms. The van der Waals surface area contributed by atoms with Crippen molar-refractivity contribution < 1.29 is 17.7 Å². The predicted octanol–water partition coefficient (Wildman–Crippen LogP) is 2.82. The number of carbonyl (C=O) groups excluding carboxylic acids is 1. The Labute approximate surface area is 169 Å². The number of aromatic nitrogens is 2. The molecule has 1 amide bonds. The molecular formula is C19H22ClN3O4S. The average Bonchev–Trinajstić information content (AvgIpc) is 3.19. The second-order valence-corrected chi connectivity index (χ2v) is 10.3. The number of hydrogen-bond acceptors (Lipinski definition) is 6. The minimum absolute atomic E-state index is 0.158. The van der Waals surface area contributed by atoms with Crippen LogP contribution in [0, 0.1) is 12.8 Å². The highest BCUT2D eigenvalue weighted by molar-refractivity contribution is 7.94. The van der Waals surface area contributed by atoms with Crippen molar-refractivity contribution >= 4 is 27.3 Å². The number of likely N-dealkylation sites (tertiary alicyclic amines) is 1. The number of carbonyl (C=O) groups is 1. The van der Waals surface area contributed by atoms with Crippen LogP contribution in [-0.2, 0) is 21.1 Å². The molecule has 2 aromatic rings. The molecular weight excluding hydrogens is 402 g/mol. The fourth-order valence-electron chi connectivity index (χ4n) is 3.87. The lowest BCUT2D eigenvalue weighted by molar-refractivity contribution is -0.130. The highest BCUT2D eigenvalue weighted by atomic mass is 35.5. The molecule has 0 radical (unpaired) electrons. The molecule has 1 atom stereocenters. The first-order chi connectivity index (χ1) is 13.3. The molecule has 0 N–H and O–H groups in total. The van der Waals surface area contributed by atoms with Gasteiger partial charge in [0.05, 0.1) is 4.90 Å². The predicted molar refractivity (Wildman–Crippen MR) is 103 cm³/mol. The molecule has 150 valence electrons. The van der Waals surface area contributed by atoms with Crippen molar-refractivity contribution in [1.82, 2.24) is 15.0 Å². The first kappa shape index (κ1) is 19.4. The zero-order chi connectivity index (χ0) is 19.9. The number of sulfone groups is 1. The van der Waals surface area contributed by atoms with Crippen molar-refractivity contribution in [3.05, 3.63) is 41.0 Å². The smallest absolute Gasteiger partial charge is 0.244 e. The molecule has 4 rings (SSSR count). The van der Waals surface area contributed by atoms with Gasteiger partial charge < -0.3 is 9.42 Å². The van der Waals surface area contributed by atoms with E-state index in [0.29, 0.717) is 55.0 Å². The van der Waals surface area contributed by atoms with Gasteiger partial charge in [-0.05, 0) is 55.9 Å². The Kier molecular flexibility index (Phi) is 4.95. The number of amides is 1. The highest BCUT2D eigenvalue weighted by Gasteiger charge is 2.62. The molecule has 1 aromatic carbocycles. The van der Waals surface area contributed by atoms with Gasteiger partial charge in [0, 0.05) is 31.5 Å². The molecule has 2 aliphatic rings. The van der Waals surface area contributed by atoms with Gasteiger partial charge in [0.25, 0.3) is 0 Å². The van der Waals surface area contributed by atoms with Crippen molar-refractivity contribution in [1.29, 1.82) is 0 Å². The second kappa shape index (κ2) is 7.15. The Morgan fingerprint density at radius 1 is 1.32 bits per heavy atom. The van der Waals surface area contributed by atoms with Crippen LogP contribution in [-0.4, -0.2) is 47.2 Å². The third kappa shape index (κ3) is 3.43. The van der Waals surface area contributed by atoms with Crippen LogP contribution in [0.1, 0.15) is 37.4 Å². The second-order valence-electron chi connectivity index (χ2n) is 7.63. The lowest BCUT2D eigenvalue weighted by Gasteiger charge is -2.23. The topological polar surface area (TPSA) is 93.4 Å². The van der Waals surface area contributed by atoms with Gasteiger partial charge in [0.15, 0.2) is 20.4 Å². The maximum atomic E-state index is 13.1. The minimum atomic E-state index is -3.73. The van der Waals surface area contributed by atoms with E-state index in [1.54, 1.807) is 24.0 Å². The van der Waals surface area contributed by atoms with E-state index < -0.39 is 14.6 Å². The van der Waals surface area contributed by atoms with Gasteiger partial charge in [0.2, 0.25) is 11.8 Å². The lowest BCUT2D eigenvalue weighted by Crippen LogP contribution is -2.44. The molecule has 1 saturated heterocycles. The lowest BCUT2D eigenvalue weighted by atomic mass is 10.0. The van der Waals surface area contributed by atoms with Crippen LogP contribution in [0.15, 0.2) is 33.7 Å². The molecule has 9 heteroatoms. The Morgan fingerprint density at radius 2 is 2.04 bits per heavy atom. The number of benzene rings is 1. The van der Waals surface area contributed by atoms with E-state index in [1.807, 2.05) is 0 Å². The van der Waals surface area contributed by atoms with Crippen LogP contribution in [0.5, 0.6) is 0 Å². The van der Waals surface area contributed by atoms with Crippen molar-refractivity contribution in [2.45, 2.75) is 48.7 Å². The summed E-state index contributed by atoms with van der Waals surface area (Å²) in [6.45, 7) is 2.92. The Hall–Kier alpha value is -1.93. The molecule has 1 aliphatic carbocycles. The molecule has 1 aliphatic heterocycles. The summed E-state index contributed by atoms with van der Waals surface area (Å²) in [6, 6.07) is 6.04. The van der Waals surface area contributed by atoms with Crippen LogP contribution >= 0.6 is 11.6 Å². The SMILES string of the molecule is Cc1nc(CCC2CCN(C(=O)C3(S(=O)(=O)c4ccc(Cl)cc4)CC3)C2)no1. The normalized spacial score (nSPS) is 21.1. The van der Waals surface area contributed by atoms with E-state index in [4.69, 9.17) is 16.1 Å². The summed E-state index contributed by atoms with van der Waals surface area (Å²) in [4.78, 5) is 19.2. The molecule has 2 fully saturated rings. The van der Waals surface area contributed by atoms with Crippen molar-refractivity contribution in [2.24, 2.45) is 5.92 Å². The fraction of sp³-hybridized carbons (Fsp3) is 0.526. The molecule has 1 saturated carbocycles. The van der Waals surface area contributed by atoms with Crippen LogP contribution < -0.4 is 0 Å². The van der Waals surface area contributed by atoms with Gasteiger partial charge in [-0.1, -0.05) is 16.8 Å². The Balaban J connectivity index is 1.42. The summed E-state index contributed by atoms with van der Waals surface area (Å²) in [5.74, 6) is 1.27. The standard InChI is InChI=1S/C19H22ClN3O4S/c1-13-21-17(22-27-13)7-2-14-8-11-23(12-14)18(24)19(9-10-19)28(25,26)16-5-3-15(20)4-6-16/h3-6,14H,2,7-12H2,1H3. The summed E-state index contributed by atoms with van der Waals surface area (Å²) in [5, 5.41) is 4.36. The first-order valence-electron chi connectivity index (χ1n) is 9.41. The summed E-state index contributed by atoms with van der Waals surface area (Å²) < 4.78 is 29.9. The monoisotopic (exact) mass is 423 g/mol. The van der Waals surface area contributed by atoms with Gasteiger partial charge in [0.1, 0.15) is 0 Å². The average molecular weight is 424 g/mol. The fourth-order valence-corrected chi connectivity index (χ4v) is 5.94. The van der Waals surface area contributed by atoms with Crippen LogP contribution in [0.4, 0.5) is 0 Å². The molecule has 7 nitrogen and oxygen atoms in total. The molecule has 1 unspecified atom stereocenters. The number of halogens is 1. The Morgan fingerprint density at radius 3 is 2.64 bits per heavy atom. The van der Waals surface area contributed by atoms with Crippen molar-refractivity contribution in [3.8, 4) is 0 Å². The zero-order valence-corrected chi connectivity index (χ0v) is 17.2. The van der Waals surface area contributed by atoms with Gasteiger partial charge >= 0.3 is 0 Å². The third-order valence-corrected chi connectivity index (χ3v) is 8.41. The number of nitrogens with zero attached hydrogens (tertiary/aromatic N) is 3. The summed E-state index contributed by atoms with van der Waals surface area (Å²) in [5.41, 5.74) is 0. The maximum Gasteiger partial charge on any atom is 0.244 e. The Bertz CT molecular complexity index is 983. The highest BCUT2D eigenvalue weighted by Crippen LogP contribution is 2.49. The van der Waals surface area contributed by atoms with E-state index in [2.05, 4.69) is 10.1 Å². The largest absolute Gasteiger partial charge is 0.341 e. The van der Waals surface area contributed by atoms with Crippen LogP contribution in [0.3, 0.4) is 0 Å². The van der Waals surface area contributed by atoms with Gasteiger partial charge in [-0.3, -0.25) is 4.79 Å². The first-order valence-corrected chi connectivity index (χ1v) is 11.3. The van der Waals surface area contributed by atoms with Gasteiger partial charge in [-0.15, -0.1) is 0 Å². The molecule has 0 spiro atoms. The molecule has 0 bridgehead atoms. The van der Waals surface area contributed by atoms with Crippen molar-refractivity contribution in [2.75, 3.05) is 13.1 Å². The number of aryl methyl sites for hydroxylation is 2. The van der Waals surface area contributed by atoms with Crippen LogP contribution in [0.2, 0.25) is 5.02 Å². The molecule has 2 heterocycles. The van der Waals surface area contributed by atoms with Gasteiger partial charge in [-0.25, -0.2) is 8.42 Å². The maximum absolute atomic E-state index is 13.1. The minimum Gasteiger partial charge on any atom is -0.341 e. The third-order valence-electron chi connectivity index (χ3n) is 5.65. The number of hydrogen-bond donors (Lipinski definition) is 0. The van der Waals surface area contributed by atoms with Crippen molar-refractivity contribution in [3.63, 3.8) is 0 Å². The van der Waals surface area contributed by atoms with E-state index in [1.165, 1.54) is 12.1 Å². The van der Waals surface area contributed by atoms with Gasteiger partial charge in [-0.2, -0.15) is 4.98 Å². The van der Waals surface area contributed by atoms with E-state index in [-0.39, 0.29) is 10.8 Å². The van der Waals surface area contributed by atoms with Crippen LogP contribution in [0.25, 0.3) is 0 Å². The summed E-state index contributed by atoms with van der Waals surface area (Å²) in [7, 11) is -3.73. The zero-order valence-electron chi connectivity index (χ0n) is 15.6. The summed E-state index contributed by atoms with van der Waals surface area (Å²) >= 11 is 5.86. The van der Waals surface area contributed by atoms with E-state index >= 15 is 0 Å². The summed E-state index contributed by atoms with van der Waals surface area (Å²) in [6.07, 6.45) is 3.15. The number of rotatable bonds is 6. The van der Waals surface area contributed by atoms with E-state index in [9.17, 15) is 13.2 Å². The quantitative estimate of drug-likeness (QED) is 0.709. The van der Waals surface area contributed by atoms with E-state index in [0.717, 1.165) is 12.8 Å². The molecule has 1 aromatic heterocycles.